The highest BCUT2D eigenvalue weighted by Gasteiger charge is 2.41. The molecule has 0 aromatic rings. The van der Waals surface area contributed by atoms with E-state index < -0.39 is 62.6 Å². The molecule has 7 atom stereocenters. The molecule has 0 aromatic carbocycles. The summed E-state index contributed by atoms with van der Waals surface area (Å²) in [7, 11) is 1.25. The first kappa shape index (κ1) is 52.3. The lowest BCUT2D eigenvalue weighted by Crippen LogP contribution is -2.37. The zero-order valence-electron chi connectivity index (χ0n) is 35.5. The van der Waals surface area contributed by atoms with Gasteiger partial charge in [0.1, 0.15) is 25.5 Å². The number of carbonyl (C=O) groups is 3. The zero-order chi connectivity index (χ0) is 41.8. The van der Waals surface area contributed by atoms with Crippen molar-refractivity contribution < 1.29 is 62.2 Å². The van der Waals surface area contributed by atoms with E-state index in [-0.39, 0.29) is 51.1 Å². The molecule has 0 saturated heterocycles. The van der Waals surface area contributed by atoms with Crippen molar-refractivity contribution >= 4 is 25.5 Å². The van der Waals surface area contributed by atoms with Crippen LogP contribution in [0.4, 0.5) is 0 Å². The number of aliphatic hydroxyl groups excluding tert-OH is 3. The second-order valence-electron chi connectivity index (χ2n) is 16.7. The molecular formula is C42H79NO12P+. The smallest absolute Gasteiger partial charge is 0.462 e. The molecule has 0 radical (unpaired) electrons. The number of hydrogen-bond donors (Lipinski definition) is 4. The summed E-state index contributed by atoms with van der Waals surface area (Å²) in [6.45, 7) is 3.86. The van der Waals surface area contributed by atoms with Gasteiger partial charge in [0, 0.05) is 43.9 Å². The second kappa shape index (κ2) is 30.4. The maximum Gasteiger partial charge on any atom is 0.472 e. The van der Waals surface area contributed by atoms with E-state index in [0.717, 1.165) is 38.5 Å². The molecule has 0 bridgehead atoms. The number of ketones is 1. The van der Waals surface area contributed by atoms with Crippen LogP contribution in [-0.2, 0) is 37.5 Å². The third-order valence-electron chi connectivity index (χ3n) is 10.3. The lowest BCUT2D eigenvalue weighted by atomic mass is 9.87. The summed E-state index contributed by atoms with van der Waals surface area (Å²) < 4.78 is 34.1. The van der Waals surface area contributed by atoms with Crippen LogP contribution >= 0.6 is 7.82 Å². The van der Waals surface area contributed by atoms with E-state index in [9.17, 15) is 39.2 Å². The number of aliphatic hydroxyl groups is 3. The van der Waals surface area contributed by atoms with Crippen molar-refractivity contribution in [3.05, 3.63) is 12.2 Å². The molecule has 0 aromatic heterocycles. The van der Waals surface area contributed by atoms with Crippen LogP contribution in [0, 0.1) is 11.8 Å². The number of carbonyl (C=O) groups excluding carboxylic acids is 3. The number of unbranched alkanes of at least 4 members (excludes halogenated alkanes) is 13. The number of phosphoric acid groups is 1. The molecule has 0 aliphatic heterocycles. The Bertz CT molecular complexity index is 1150. The Balaban J connectivity index is 2.56. The van der Waals surface area contributed by atoms with Gasteiger partial charge < -0.3 is 34.2 Å². The van der Waals surface area contributed by atoms with Crippen molar-refractivity contribution in [1.29, 1.82) is 0 Å². The first-order valence-electron chi connectivity index (χ1n) is 21.6. The summed E-state index contributed by atoms with van der Waals surface area (Å²) in [5, 5.41) is 31.3. The molecule has 1 saturated carbocycles. The molecular weight excluding hydrogens is 741 g/mol. The molecule has 1 unspecified atom stereocenters. The molecule has 56 heavy (non-hydrogen) atoms. The first-order valence-corrected chi connectivity index (χ1v) is 23.1. The van der Waals surface area contributed by atoms with Crippen LogP contribution in [-0.4, -0.2) is 114 Å². The van der Waals surface area contributed by atoms with Gasteiger partial charge in [0.2, 0.25) is 0 Å². The molecule has 4 N–H and O–H groups in total. The number of quaternary nitrogens is 1. The second-order valence-corrected chi connectivity index (χ2v) is 18.2. The van der Waals surface area contributed by atoms with Crippen LogP contribution in [0.1, 0.15) is 155 Å². The Labute approximate surface area is 338 Å². The van der Waals surface area contributed by atoms with Gasteiger partial charge in [-0.25, -0.2) is 4.57 Å². The van der Waals surface area contributed by atoms with E-state index in [1.54, 1.807) is 12.2 Å². The summed E-state index contributed by atoms with van der Waals surface area (Å²) in [5.41, 5.74) is 0. The highest BCUT2D eigenvalue weighted by molar-refractivity contribution is 7.47. The maximum atomic E-state index is 12.9. The van der Waals surface area contributed by atoms with Crippen molar-refractivity contribution in [2.75, 3.05) is 47.5 Å². The largest absolute Gasteiger partial charge is 0.472 e. The van der Waals surface area contributed by atoms with Gasteiger partial charge in [-0.05, 0) is 25.7 Å². The Morgan fingerprint density at radius 1 is 0.750 bits per heavy atom. The van der Waals surface area contributed by atoms with E-state index in [0.29, 0.717) is 36.7 Å². The zero-order valence-corrected chi connectivity index (χ0v) is 36.3. The number of esters is 2. The van der Waals surface area contributed by atoms with E-state index >= 15 is 0 Å². The van der Waals surface area contributed by atoms with Gasteiger partial charge in [0.05, 0.1) is 46.1 Å². The Kier molecular flexibility index (Phi) is 28.4. The average molecular weight is 821 g/mol. The standard InChI is InChI=1S/C42H78NO12P/c1-6-8-10-11-12-13-14-15-16-17-19-24-41(48)52-32-36(33-54-56(50,51)53-29-28-43(3,4)5)55-42(49)25-21-20-23-35(45)30-38-37(39(46)31-40(38)47)27-26-34(44)22-18-9-7-2/h26-27,34,36-40,44,46-47H,6-25,28-33H2,1-5H3/p+1/b27-26+/t34-,36+,37+,38+,39+,40-/m0/s1. The highest BCUT2D eigenvalue weighted by Crippen LogP contribution is 2.43. The number of rotatable bonds is 35. The fraction of sp³-hybridized carbons (Fsp3) is 0.881. The minimum Gasteiger partial charge on any atom is -0.462 e. The number of phosphoric ester groups is 1. The predicted molar refractivity (Wildman–Crippen MR) is 218 cm³/mol. The van der Waals surface area contributed by atoms with Crippen molar-refractivity contribution in [1.82, 2.24) is 0 Å². The summed E-state index contributed by atoms with van der Waals surface area (Å²) in [4.78, 5) is 48.3. The fourth-order valence-corrected chi connectivity index (χ4v) is 7.52. The van der Waals surface area contributed by atoms with Crippen molar-refractivity contribution in [2.45, 2.75) is 180 Å². The lowest BCUT2D eigenvalue weighted by Gasteiger charge is -2.24. The summed E-state index contributed by atoms with van der Waals surface area (Å²) in [6, 6.07) is 0. The molecule has 1 rings (SSSR count). The Morgan fingerprint density at radius 2 is 1.30 bits per heavy atom. The van der Waals surface area contributed by atoms with Gasteiger partial charge >= 0.3 is 19.8 Å². The van der Waals surface area contributed by atoms with Gasteiger partial charge in [-0.2, -0.15) is 0 Å². The molecule has 1 aliphatic rings. The molecule has 14 heteroatoms. The molecule has 0 heterocycles. The summed E-state index contributed by atoms with van der Waals surface area (Å²) >= 11 is 0. The third kappa shape index (κ3) is 27.1. The maximum absolute atomic E-state index is 12.9. The summed E-state index contributed by atoms with van der Waals surface area (Å²) in [5.74, 6) is -2.08. The quantitative estimate of drug-likeness (QED) is 0.0164. The SMILES string of the molecule is CCCCCCCCCCCCCC(=O)OC[C@H](COP(=O)(O)OCC[N+](C)(C)C)OC(=O)CCCCC(=O)C[C@@H]1[C@@H](/C=C/[C@@H](O)CCCCC)[C@H](O)C[C@@H]1O. The minimum atomic E-state index is -4.47. The summed E-state index contributed by atoms with van der Waals surface area (Å²) in [6.07, 6.45) is 17.5. The van der Waals surface area contributed by atoms with Crippen molar-refractivity contribution in [3.8, 4) is 0 Å². The first-order chi connectivity index (χ1) is 26.6. The average Bonchev–Trinajstić information content (AvgIpc) is 3.39. The normalized spacial score (nSPS) is 20.9. The number of hydrogen-bond acceptors (Lipinski definition) is 11. The molecule has 13 nitrogen and oxygen atoms in total. The molecule has 0 amide bonds. The topological polar surface area (TPSA) is 186 Å². The minimum absolute atomic E-state index is 0.0334. The van der Waals surface area contributed by atoms with Crippen LogP contribution in [0.15, 0.2) is 12.2 Å². The van der Waals surface area contributed by atoms with Crippen molar-refractivity contribution in [2.24, 2.45) is 11.8 Å². The molecule has 1 fully saturated rings. The van der Waals surface area contributed by atoms with E-state index in [1.165, 1.54) is 44.9 Å². The van der Waals surface area contributed by atoms with Crippen LogP contribution in [0.3, 0.4) is 0 Å². The molecule has 0 spiro atoms. The number of Topliss-reactive ketones (excluding diaryl/α,β-unsaturated/α-hetero) is 1. The van der Waals surface area contributed by atoms with Gasteiger partial charge in [0.15, 0.2) is 6.10 Å². The third-order valence-corrected chi connectivity index (χ3v) is 11.3. The lowest BCUT2D eigenvalue weighted by molar-refractivity contribution is -0.870. The number of likely N-dealkylation sites (N-methyl/N-ethyl adjacent to an activating group) is 1. The number of ether oxygens (including phenoxy) is 2. The van der Waals surface area contributed by atoms with E-state index in [1.807, 2.05) is 21.1 Å². The van der Waals surface area contributed by atoms with Crippen LogP contribution < -0.4 is 0 Å². The number of nitrogens with zero attached hydrogens (tertiary/aromatic N) is 1. The Morgan fingerprint density at radius 3 is 1.93 bits per heavy atom. The monoisotopic (exact) mass is 821 g/mol. The van der Waals surface area contributed by atoms with E-state index in [2.05, 4.69) is 13.8 Å². The fourth-order valence-electron chi connectivity index (χ4n) is 6.77. The van der Waals surface area contributed by atoms with Gasteiger partial charge in [-0.15, -0.1) is 0 Å². The highest BCUT2D eigenvalue weighted by atomic mass is 31.2. The van der Waals surface area contributed by atoms with Gasteiger partial charge in [-0.3, -0.25) is 23.4 Å². The van der Waals surface area contributed by atoms with Gasteiger partial charge in [-0.1, -0.05) is 109 Å². The molecule has 328 valence electrons. The van der Waals surface area contributed by atoms with E-state index in [4.69, 9.17) is 18.5 Å². The van der Waals surface area contributed by atoms with Crippen LogP contribution in [0.5, 0.6) is 0 Å². The van der Waals surface area contributed by atoms with Crippen LogP contribution in [0.25, 0.3) is 0 Å². The van der Waals surface area contributed by atoms with Crippen LogP contribution in [0.2, 0.25) is 0 Å². The Hall–Kier alpha value is -1.70. The van der Waals surface area contributed by atoms with Gasteiger partial charge in [0.25, 0.3) is 0 Å². The van der Waals surface area contributed by atoms with Crippen molar-refractivity contribution in [3.63, 3.8) is 0 Å². The molecule has 1 aliphatic carbocycles. The predicted octanol–water partition coefficient (Wildman–Crippen LogP) is 7.36.